The lowest BCUT2D eigenvalue weighted by Gasteiger charge is -2.14. The van der Waals surface area contributed by atoms with Gasteiger partial charge in [-0.1, -0.05) is 19.9 Å². The summed E-state index contributed by atoms with van der Waals surface area (Å²) in [5.41, 5.74) is 0.748. The molecule has 4 amide bonds. The fourth-order valence-corrected chi connectivity index (χ4v) is 2.41. The monoisotopic (exact) mass is 321 g/mol. The third-order valence-corrected chi connectivity index (χ3v) is 3.51. The van der Waals surface area contributed by atoms with Gasteiger partial charge in [-0.15, -0.1) is 0 Å². The molecule has 1 saturated heterocycles. The van der Waals surface area contributed by atoms with Crippen molar-refractivity contribution in [2.75, 3.05) is 11.9 Å². The number of anilines is 1. The second kappa shape index (κ2) is 6.76. The Hall–Kier alpha value is -2.44. The van der Waals surface area contributed by atoms with Crippen LogP contribution in [0, 0.1) is 18.7 Å². The van der Waals surface area contributed by atoms with Gasteiger partial charge in [0.05, 0.1) is 5.69 Å². The first-order chi connectivity index (χ1) is 10.8. The molecule has 0 aromatic heterocycles. The maximum absolute atomic E-state index is 13.7. The lowest BCUT2D eigenvalue weighted by atomic mass is 10.0. The van der Waals surface area contributed by atoms with Crippen molar-refractivity contribution >= 4 is 23.5 Å². The number of hydrogen-bond donors (Lipinski definition) is 2. The molecule has 2 rings (SSSR count). The normalized spacial score (nSPS) is 17.6. The Morgan fingerprint density at radius 3 is 2.70 bits per heavy atom. The molecule has 1 fully saturated rings. The fraction of sp³-hybridized carbons (Fsp3) is 0.438. The smallest absolute Gasteiger partial charge is 0.325 e. The van der Waals surface area contributed by atoms with Gasteiger partial charge < -0.3 is 10.6 Å². The van der Waals surface area contributed by atoms with Crippen LogP contribution >= 0.6 is 0 Å². The second-order valence-electron chi connectivity index (χ2n) is 6.09. The summed E-state index contributed by atoms with van der Waals surface area (Å²) in [6, 6.07) is 3.19. The van der Waals surface area contributed by atoms with Gasteiger partial charge in [-0.2, -0.15) is 0 Å². The van der Waals surface area contributed by atoms with Crippen molar-refractivity contribution in [3.05, 3.63) is 29.6 Å². The largest absolute Gasteiger partial charge is 0.326 e. The fourth-order valence-electron chi connectivity index (χ4n) is 2.41. The third kappa shape index (κ3) is 4.06. The predicted octanol–water partition coefficient (Wildman–Crippen LogP) is 2.04. The van der Waals surface area contributed by atoms with Crippen LogP contribution < -0.4 is 10.6 Å². The average Bonchev–Trinajstić information content (AvgIpc) is 2.69. The highest BCUT2D eigenvalue weighted by Crippen LogP contribution is 2.17. The molecule has 0 saturated carbocycles. The van der Waals surface area contributed by atoms with Gasteiger partial charge in [0.1, 0.15) is 18.4 Å². The summed E-state index contributed by atoms with van der Waals surface area (Å²) < 4.78 is 13.7. The van der Waals surface area contributed by atoms with Crippen molar-refractivity contribution in [3.63, 3.8) is 0 Å². The van der Waals surface area contributed by atoms with Crippen LogP contribution in [-0.4, -0.2) is 35.3 Å². The molecule has 7 heteroatoms. The average molecular weight is 321 g/mol. The number of carbonyl (C=O) groups excluding carboxylic acids is 3. The summed E-state index contributed by atoms with van der Waals surface area (Å²) in [4.78, 5) is 36.8. The quantitative estimate of drug-likeness (QED) is 0.815. The number of nitrogens with zero attached hydrogens (tertiary/aromatic N) is 1. The summed E-state index contributed by atoms with van der Waals surface area (Å²) in [6.07, 6.45) is 0.509. The van der Waals surface area contributed by atoms with Crippen LogP contribution in [0.5, 0.6) is 0 Å². The van der Waals surface area contributed by atoms with Gasteiger partial charge in [0.15, 0.2) is 0 Å². The Labute approximate surface area is 134 Å². The third-order valence-electron chi connectivity index (χ3n) is 3.51. The molecule has 0 radical (unpaired) electrons. The summed E-state index contributed by atoms with van der Waals surface area (Å²) >= 11 is 0. The molecule has 0 spiro atoms. The highest BCUT2D eigenvalue weighted by Gasteiger charge is 2.39. The molecule has 124 valence electrons. The van der Waals surface area contributed by atoms with E-state index in [1.807, 2.05) is 13.8 Å². The number of benzene rings is 1. The summed E-state index contributed by atoms with van der Waals surface area (Å²) in [6.45, 7) is 5.17. The number of urea groups is 1. The number of halogens is 1. The Balaban J connectivity index is 1.99. The van der Waals surface area contributed by atoms with E-state index in [9.17, 15) is 18.8 Å². The first-order valence-corrected chi connectivity index (χ1v) is 7.45. The lowest BCUT2D eigenvalue weighted by molar-refractivity contribution is -0.131. The number of nitrogens with one attached hydrogen (secondary N) is 2. The number of carbonyl (C=O) groups is 3. The van der Waals surface area contributed by atoms with Gasteiger partial charge in [0.2, 0.25) is 5.91 Å². The van der Waals surface area contributed by atoms with Gasteiger partial charge in [0.25, 0.3) is 5.91 Å². The zero-order valence-corrected chi connectivity index (χ0v) is 13.4. The van der Waals surface area contributed by atoms with Crippen molar-refractivity contribution in [2.24, 2.45) is 5.92 Å². The standard InChI is InChI=1S/C16H20FN3O3/c1-9(2)6-13-15(22)20(16(23)19-13)8-14(21)18-12-5-4-10(3)7-11(12)17/h4-5,7,9,13H,6,8H2,1-3H3,(H,18,21)(H,19,23). The molecule has 23 heavy (non-hydrogen) atoms. The Kier molecular flexibility index (Phi) is 4.98. The Morgan fingerprint density at radius 1 is 1.39 bits per heavy atom. The lowest BCUT2D eigenvalue weighted by Crippen LogP contribution is -2.38. The van der Waals surface area contributed by atoms with Crippen LogP contribution in [0.15, 0.2) is 18.2 Å². The van der Waals surface area contributed by atoms with Crippen molar-refractivity contribution in [2.45, 2.75) is 33.2 Å². The van der Waals surface area contributed by atoms with Crippen LogP contribution in [0.3, 0.4) is 0 Å². The van der Waals surface area contributed by atoms with Gasteiger partial charge in [-0.05, 0) is 37.0 Å². The molecule has 0 aliphatic carbocycles. The Morgan fingerprint density at radius 2 is 2.09 bits per heavy atom. The zero-order chi connectivity index (χ0) is 17.1. The van der Waals surface area contributed by atoms with Gasteiger partial charge in [0, 0.05) is 0 Å². The van der Waals surface area contributed by atoms with Crippen LogP contribution in [0.25, 0.3) is 0 Å². The minimum Gasteiger partial charge on any atom is -0.326 e. The first-order valence-electron chi connectivity index (χ1n) is 7.45. The molecular formula is C16H20FN3O3. The van der Waals surface area contributed by atoms with Gasteiger partial charge in [-0.25, -0.2) is 9.18 Å². The van der Waals surface area contributed by atoms with E-state index in [0.717, 1.165) is 10.5 Å². The molecule has 1 unspecified atom stereocenters. The van der Waals surface area contributed by atoms with E-state index in [1.165, 1.54) is 12.1 Å². The number of imide groups is 1. The predicted molar refractivity (Wildman–Crippen MR) is 83.3 cm³/mol. The van der Waals surface area contributed by atoms with Crippen molar-refractivity contribution in [1.82, 2.24) is 10.2 Å². The van der Waals surface area contributed by atoms with Crippen LogP contribution in [-0.2, 0) is 9.59 Å². The second-order valence-corrected chi connectivity index (χ2v) is 6.09. The van der Waals surface area contributed by atoms with E-state index < -0.39 is 36.2 Å². The van der Waals surface area contributed by atoms with Crippen molar-refractivity contribution in [3.8, 4) is 0 Å². The van der Waals surface area contributed by atoms with Crippen LogP contribution in [0.2, 0.25) is 0 Å². The topological polar surface area (TPSA) is 78.5 Å². The van der Waals surface area contributed by atoms with E-state index in [2.05, 4.69) is 10.6 Å². The minimum atomic E-state index is -0.624. The molecular weight excluding hydrogens is 301 g/mol. The molecule has 1 heterocycles. The molecule has 1 aliphatic heterocycles. The molecule has 1 atom stereocenters. The number of hydrogen-bond acceptors (Lipinski definition) is 3. The minimum absolute atomic E-state index is 0.0198. The maximum Gasteiger partial charge on any atom is 0.325 e. The van der Waals surface area contributed by atoms with Crippen molar-refractivity contribution < 1.29 is 18.8 Å². The van der Waals surface area contributed by atoms with Gasteiger partial charge >= 0.3 is 6.03 Å². The molecule has 1 aromatic carbocycles. The molecule has 1 aromatic rings. The highest BCUT2D eigenvalue weighted by atomic mass is 19.1. The molecule has 1 aliphatic rings. The molecule has 6 nitrogen and oxygen atoms in total. The SMILES string of the molecule is Cc1ccc(NC(=O)CN2C(=O)NC(CC(C)C)C2=O)c(F)c1. The van der Waals surface area contributed by atoms with E-state index in [1.54, 1.807) is 13.0 Å². The number of aryl methyl sites for hydroxylation is 1. The summed E-state index contributed by atoms with van der Waals surface area (Å²) in [5.74, 6) is -1.38. The Bertz CT molecular complexity index is 645. The first kappa shape index (κ1) is 16.9. The highest BCUT2D eigenvalue weighted by molar-refractivity contribution is 6.07. The van der Waals surface area contributed by atoms with Crippen molar-refractivity contribution in [1.29, 1.82) is 0 Å². The van der Waals surface area contributed by atoms with E-state index in [4.69, 9.17) is 0 Å². The van der Waals surface area contributed by atoms with E-state index >= 15 is 0 Å². The number of rotatable bonds is 5. The molecule has 0 bridgehead atoms. The summed E-state index contributed by atoms with van der Waals surface area (Å²) in [7, 11) is 0. The number of amides is 4. The van der Waals surface area contributed by atoms with Crippen LogP contribution in [0.1, 0.15) is 25.8 Å². The zero-order valence-electron chi connectivity index (χ0n) is 13.4. The van der Waals surface area contributed by atoms with Gasteiger partial charge in [-0.3, -0.25) is 14.5 Å². The van der Waals surface area contributed by atoms with Crippen LogP contribution in [0.4, 0.5) is 14.9 Å². The molecule has 2 N–H and O–H groups in total. The maximum atomic E-state index is 13.7. The van der Waals surface area contributed by atoms with E-state index in [0.29, 0.717) is 6.42 Å². The summed E-state index contributed by atoms with van der Waals surface area (Å²) in [5, 5.41) is 4.93. The van der Waals surface area contributed by atoms with E-state index in [-0.39, 0.29) is 11.6 Å².